The quantitative estimate of drug-likeness (QED) is 0.837. The molecule has 0 fully saturated rings. The fraction of sp³-hybridized carbons (Fsp3) is 0.467. The third-order valence-corrected chi connectivity index (χ3v) is 3.58. The first-order chi connectivity index (χ1) is 11.0. The molecule has 24 heavy (non-hydrogen) atoms. The average Bonchev–Trinajstić information content (AvgIpc) is 3.03. The second-order valence-electron chi connectivity index (χ2n) is 5.41. The van der Waals surface area contributed by atoms with Crippen molar-refractivity contribution in [3.63, 3.8) is 0 Å². The van der Waals surface area contributed by atoms with Crippen LogP contribution in [0.15, 0.2) is 21.1 Å². The van der Waals surface area contributed by atoms with Gasteiger partial charge in [-0.2, -0.15) is 13.2 Å². The second kappa shape index (κ2) is 6.31. The number of halogens is 3. The molecule has 1 atom stereocenters. The number of ether oxygens (including phenoxy) is 1. The summed E-state index contributed by atoms with van der Waals surface area (Å²) < 4.78 is 54.3. The zero-order chi connectivity index (χ0) is 18.1. The van der Waals surface area contributed by atoms with E-state index >= 15 is 0 Å². The smallest absolute Gasteiger partial charge is 0.425 e. The summed E-state index contributed by atoms with van der Waals surface area (Å²) in [6.07, 6.45) is -6.44. The fourth-order valence-corrected chi connectivity index (χ4v) is 2.10. The number of aromatic nitrogens is 1. The number of esters is 1. The molecule has 0 aliphatic heterocycles. The molecule has 6 nitrogen and oxygen atoms in total. The predicted molar refractivity (Wildman–Crippen MR) is 73.8 cm³/mol. The van der Waals surface area contributed by atoms with Gasteiger partial charge in [-0.25, -0.2) is 0 Å². The van der Waals surface area contributed by atoms with E-state index in [2.05, 4.69) is 5.16 Å². The molecule has 0 amide bonds. The lowest BCUT2D eigenvalue weighted by atomic mass is 9.96. The van der Waals surface area contributed by atoms with Crippen molar-refractivity contribution in [2.75, 3.05) is 0 Å². The van der Waals surface area contributed by atoms with Gasteiger partial charge in [-0.1, -0.05) is 5.16 Å². The van der Waals surface area contributed by atoms with Crippen LogP contribution in [0.3, 0.4) is 0 Å². The molecule has 2 aromatic heterocycles. The van der Waals surface area contributed by atoms with E-state index in [1.54, 1.807) is 13.8 Å². The number of nitrogens with zero attached hydrogens (tertiary/aromatic N) is 1. The molecule has 1 unspecified atom stereocenters. The number of aliphatic hydroxyl groups is 1. The van der Waals surface area contributed by atoms with Crippen LogP contribution < -0.4 is 0 Å². The van der Waals surface area contributed by atoms with Crippen molar-refractivity contribution in [2.24, 2.45) is 0 Å². The van der Waals surface area contributed by atoms with E-state index in [-0.39, 0.29) is 12.4 Å². The number of carbonyl (C=O) groups is 1. The summed E-state index contributed by atoms with van der Waals surface area (Å²) in [7, 11) is 0. The Morgan fingerprint density at radius 2 is 1.96 bits per heavy atom. The summed E-state index contributed by atoms with van der Waals surface area (Å²) in [4.78, 5) is 11.8. The van der Waals surface area contributed by atoms with E-state index in [0.717, 1.165) is 6.07 Å². The van der Waals surface area contributed by atoms with Gasteiger partial charge in [0.15, 0.2) is 0 Å². The van der Waals surface area contributed by atoms with Gasteiger partial charge in [-0.15, -0.1) is 0 Å². The Balaban J connectivity index is 2.14. The predicted octanol–water partition coefficient (Wildman–Crippen LogP) is 3.08. The van der Waals surface area contributed by atoms with Gasteiger partial charge in [0, 0.05) is 0 Å². The molecule has 2 rings (SSSR count). The van der Waals surface area contributed by atoms with Gasteiger partial charge < -0.3 is 18.8 Å². The van der Waals surface area contributed by atoms with E-state index in [1.165, 1.54) is 13.0 Å². The van der Waals surface area contributed by atoms with E-state index in [4.69, 9.17) is 13.7 Å². The first-order valence-electron chi connectivity index (χ1n) is 6.98. The van der Waals surface area contributed by atoms with Crippen molar-refractivity contribution < 1.29 is 36.7 Å². The third kappa shape index (κ3) is 3.45. The number of furan rings is 1. The van der Waals surface area contributed by atoms with Gasteiger partial charge >= 0.3 is 12.1 Å². The monoisotopic (exact) mass is 347 g/mol. The summed E-state index contributed by atoms with van der Waals surface area (Å²) in [5.74, 6) is -1.42. The van der Waals surface area contributed by atoms with Crippen LogP contribution in [-0.4, -0.2) is 22.4 Å². The fourth-order valence-electron chi connectivity index (χ4n) is 2.10. The van der Waals surface area contributed by atoms with Crippen molar-refractivity contribution in [3.8, 4) is 0 Å². The van der Waals surface area contributed by atoms with Crippen molar-refractivity contribution >= 4 is 5.97 Å². The number of hydrogen-bond donors (Lipinski definition) is 1. The zero-order valence-corrected chi connectivity index (χ0v) is 13.2. The molecule has 0 aliphatic rings. The molecular formula is C15H16F3NO5. The normalized spacial score (nSPS) is 14.5. The Labute approximate surface area is 135 Å². The second-order valence-corrected chi connectivity index (χ2v) is 5.41. The summed E-state index contributed by atoms with van der Waals surface area (Å²) in [5.41, 5.74) is -2.53. The van der Waals surface area contributed by atoms with Crippen molar-refractivity contribution in [1.82, 2.24) is 5.16 Å². The maximum absolute atomic E-state index is 13.3. The number of hydrogen-bond acceptors (Lipinski definition) is 6. The zero-order valence-electron chi connectivity index (χ0n) is 13.2. The van der Waals surface area contributed by atoms with E-state index in [9.17, 15) is 23.1 Å². The van der Waals surface area contributed by atoms with Crippen molar-refractivity contribution in [3.05, 3.63) is 40.7 Å². The molecule has 2 heterocycles. The van der Waals surface area contributed by atoms with Gasteiger partial charge in [0.1, 0.15) is 23.9 Å². The molecule has 0 spiro atoms. The Kier molecular flexibility index (Phi) is 4.75. The van der Waals surface area contributed by atoms with Gasteiger partial charge in [0.25, 0.3) is 0 Å². The lowest BCUT2D eigenvalue weighted by molar-refractivity contribution is -0.275. The van der Waals surface area contributed by atoms with Crippen LogP contribution in [-0.2, 0) is 21.7 Å². The highest BCUT2D eigenvalue weighted by atomic mass is 19.4. The van der Waals surface area contributed by atoms with Gasteiger partial charge in [-0.3, -0.25) is 4.79 Å². The minimum atomic E-state index is -5.11. The van der Waals surface area contributed by atoms with Crippen molar-refractivity contribution in [2.45, 2.75) is 45.6 Å². The minimum Gasteiger partial charge on any atom is -0.463 e. The van der Waals surface area contributed by atoms with Gasteiger partial charge in [0.05, 0.1) is 17.7 Å². The van der Waals surface area contributed by atoms with Crippen LogP contribution in [0, 0.1) is 20.8 Å². The molecule has 132 valence electrons. The molecule has 2 aromatic rings. The number of carbonyl (C=O) groups excluding carboxylic acids is 1. The molecule has 0 saturated heterocycles. The van der Waals surface area contributed by atoms with Crippen LogP contribution in [0.5, 0.6) is 0 Å². The molecule has 0 aromatic carbocycles. The summed E-state index contributed by atoms with van der Waals surface area (Å²) in [6, 6.07) is 2.24. The summed E-state index contributed by atoms with van der Waals surface area (Å²) >= 11 is 0. The Morgan fingerprint density at radius 3 is 2.42 bits per heavy atom. The Bertz CT molecular complexity index is 714. The third-order valence-electron chi connectivity index (χ3n) is 3.58. The first kappa shape index (κ1) is 18.1. The lowest BCUT2D eigenvalue weighted by Crippen LogP contribution is -2.44. The first-order valence-corrected chi connectivity index (χ1v) is 6.98. The Morgan fingerprint density at radius 1 is 1.29 bits per heavy atom. The summed E-state index contributed by atoms with van der Waals surface area (Å²) in [5, 5.41) is 13.7. The number of alkyl halides is 3. The lowest BCUT2D eigenvalue weighted by Gasteiger charge is -2.27. The van der Waals surface area contributed by atoms with Crippen LogP contribution in [0.4, 0.5) is 13.2 Å². The highest BCUT2D eigenvalue weighted by Gasteiger charge is 2.58. The maximum Gasteiger partial charge on any atom is 0.425 e. The standard InChI is InChI=1S/C15H16F3NO5/c1-8-4-5-12(23-8)14(21,15(16,17)18)6-13(20)22-7-11-9(2)19-24-10(11)3/h4-5,21H,6-7H2,1-3H3. The number of rotatable bonds is 5. The van der Waals surface area contributed by atoms with Gasteiger partial charge in [0.2, 0.25) is 5.60 Å². The minimum absolute atomic E-state index is 0.178. The molecule has 0 saturated carbocycles. The molecule has 0 bridgehead atoms. The average molecular weight is 347 g/mol. The van der Waals surface area contributed by atoms with E-state index in [0.29, 0.717) is 17.0 Å². The van der Waals surface area contributed by atoms with Crippen LogP contribution in [0.1, 0.15) is 35.0 Å². The van der Waals surface area contributed by atoms with Crippen LogP contribution in [0.2, 0.25) is 0 Å². The number of aryl methyl sites for hydroxylation is 3. The molecule has 0 aliphatic carbocycles. The molecule has 9 heteroatoms. The van der Waals surface area contributed by atoms with E-state index < -0.39 is 29.9 Å². The highest BCUT2D eigenvalue weighted by molar-refractivity contribution is 5.71. The van der Waals surface area contributed by atoms with Crippen molar-refractivity contribution in [1.29, 1.82) is 0 Å². The highest BCUT2D eigenvalue weighted by Crippen LogP contribution is 2.42. The molecule has 0 radical (unpaired) electrons. The van der Waals surface area contributed by atoms with Crippen LogP contribution >= 0.6 is 0 Å². The molecule has 1 N–H and O–H groups in total. The topological polar surface area (TPSA) is 85.7 Å². The Hall–Kier alpha value is -2.29. The van der Waals surface area contributed by atoms with Crippen LogP contribution in [0.25, 0.3) is 0 Å². The SMILES string of the molecule is Cc1ccc(C(O)(CC(=O)OCc2c(C)noc2C)C(F)(F)F)o1. The molecular weight excluding hydrogens is 331 g/mol. The van der Waals surface area contributed by atoms with E-state index in [1.807, 2.05) is 0 Å². The largest absolute Gasteiger partial charge is 0.463 e. The maximum atomic E-state index is 13.3. The van der Waals surface area contributed by atoms with Gasteiger partial charge in [-0.05, 0) is 32.9 Å². The summed E-state index contributed by atoms with van der Waals surface area (Å²) in [6.45, 7) is 4.32.